The van der Waals surface area contributed by atoms with Crippen LogP contribution in [0.5, 0.6) is 0 Å². The molecule has 3 aromatic rings. The molecule has 2 N–H and O–H groups in total. The van der Waals surface area contributed by atoms with Gasteiger partial charge in [0, 0.05) is 45.0 Å². The fraction of sp³-hybridized carbons (Fsp3) is 0.286. The van der Waals surface area contributed by atoms with Crippen molar-refractivity contribution in [2.75, 3.05) is 13.1 Å². The van der Waals surface area contributed by atoms with Crippen molar-refractivity contribution in [3.63, 3.8) is 0 Å². The second-order valence-corrected chi connectivity index (χ2v) is 6.49. The first-order chi connectivity index (χ1) is 12.2. The molecule has 0 amide bonds. The Balaban J connectivity index is 1.88. The molecule has 0 aliphatic heterocycles. The molecule has 130 valence electrons. The fourth-order valence-corrected chi connectivity index (χ4v) is 3.18. The molecule has 4 nitrogen and oxygen atoms in total. The Morgan fingerprint density at radius 1 is 1.04 bits per heavy atom. The van der Waals surface area contributed by atoms with Crippen LogP contribution in [0.25, 0.3) is 11.3 Å². The van der Waals surface area contributed by atoms with Crippen molar-refractivity contribution in [1.82, 2.24) is 14.7 Å². The first-order valence-electron chi connectivity index (χ1n) is 8.71. The highest BCUT2D eigenvalue weighted by Crippen LogP contribution is 2.26. The summed E-state index contributed by atoms with van der Waals surface area (Å²) in [5, 5.41) is 4.33. The van der Waals surface area contributed by atoms with Crippen LogP contribution in [-0.2, 0) is 20.1 Å². The van der Waals surface area contributed by atoms with Crippen LogP contribution >= 0.6 is 0 Å². The molecule has 0 unspecified atom stereocenters. The Kier molecular flexibility index (Phi) is 5.64. The molecule has 0 bridgehead atoms. The average Bonchev–Trinajstić information content (AvgIpc) is 3.03. The van der Waals surface area contributed by atoms with Crippen LogP contribution in [-0.4, -0.2) is 27.8 Å². The third-order valence-corrected chi connectivity index (χ3v) is 4.45. The third kappa shape index (κ3) is 4.35. The van der Waals surface area contributed by atoms with Gasteiger partial charge in [-0.05, 0) is 30.2 Å². The van der Waals surface area contributed by atoms with E-state index in [9.17, 15) is 0 Å². The largest absolute Gasteiger partial charge is 0.329 e. The number of nitrogens with two attached hydrogens (primary N) is 1. The van der Waals surface area contributed by atoms with Crippen LogP contribution in [0.3, 0.4) is 0 Å². The SMILES string of the molecule is Cc1ccc(CN(CCN)Cc2ccccc2)c(-c2ccnn2C)c1. The van der Waals surface area contributed by atoms with Gasteiger partial charge in [-0.15, -0.1) is 0 Å². The van der Waals surface area contributed by atoms with E-state index in [2.05, 4.69) is 71.5 Å². The van der Waals surface area contributed by atoms with Gasteiger partial charge in [0.15, 0.2) is 0 Å². The summed E-state index contributed by atoms with van der Waals surface area (Å²) in [4.78, 5) is 2.40. The van der Waals surface area contributed by atoms with E-state index in [4.69, 9.17) is 5.73 Å². The van der Waals surface area contributed by atoms with Gasteiger partial charge >= 0.3 is 0 Å². The summed E-state index contributed by atoms with van der Waals surface area (Å²) >= 11 is 0. The molecule has 0 aliphatic rings. The van der Waals surface area contributed by atoms with E-state index in [1.807, 2.05) is 17.9 Å². The molecule has 0 aliphatic carbocycles. The van der Waals surface area contributed by atoms with Crippen LogP contribution < -0.4 is 5.73 Å². The molecular formula is C21H26N4. The van der Waals surface area contributed by atoms with Crippen molar-refractivity contribution in [1.29, 1.82) is 0 Å². The molecule has 1 heterocycles. The highest BCUT2D eigenvalue weighted by Gasteiger charge is 2.13. The maximum absolute atomic E-state index is 5.86. The zero-order valence-electron chi connectivity index (χ0n) is 15.0. The van der Waals surface area contributed by atoms with Crippen molar-refractivity contribution in [2.45, 2.75) is 20.0 Å². The van der Waals surface area contributed by atoms with E-state index in [-0.39, 0.29) is 0 Å². The van der Waals surface area contributed by atoms with Gasteiger partial charge in [-0.3, -0.25) is 9.58 Å². The highest BCUT2D eigenvalue weighted by molar-refractivity contribution is 5.64. The summed E-state index contributed by atoms with van der Waals surface area (Å²) in [5.74, 6) is 0. The monoisotopic (exact) mass is 334 g/mol. The molecular weight excluding hydrogens is 308 g/mol. The molecule has 1 aromatic heterocycles. The summed E-state index contributed by atoms with van der Waals surface area (Å²) in [7, 11) is 1.99. The summed E-state index contributed by atoms with van der Waals surface area (Å²) in [6, 6.07) is 19.3. The quantitative estimate of drug-likeness (QED) is 0.721. The molecule has 0 spiro atoms. The van der Waals surface area contributed by atoms with Gasteiger partial charge in [0.05, 0.1) is 5.69 Å². The van der Waals surface area contributed by atoms with Gasteiger partial charge in [-0.2, -0.15) is 5.10 Å². The minimum absolute atomic E-state index is 0.653. The smallest absolute Gasteiger partial charge is 0.0682 e. The molecule has 3 rings (SSSR count). The van der Waals surface area contributed by atoms with Gasteiger partial charge in [0.2, 0.25) is 0 Å². The molecule has 0 radical (unpaired) electrons. The second kappa shape index (κ2) is 8.10. The first kappa shape index (κ1) is 17.4. The summed E-state index contributed by atoms with van der Waals surface area (Å²) in [5.41, 5.74) is 12.1. The lowest BCUT2D eigenvalue weighted by atomic mass is 10.0. The predicted molar refractivity (Wildman–Crippen MR) is 103 cm³/mol. The fourth-order valence-electron chi connectivity index (χ4n) is 3.18. The van der Waals surface area contributed by atoms with Gasteiger partial charge in [0.25, 0.3) is 0 Å². The first-order valence-corrected chi connectivity index (χ1v) is 8.71. The minimum Gasteiger partial charge on any atom is -0.329 e. The van der Waals surface area contributed by atoms with Crippen LogP contribution in [0.15, 0.2) is 60.8 Å². The van der Waals surface area contributed by atoms with E-state index < -0.39 is 0 Å². The Morgan fingerprint density at radius 3 is 2.52 bits per heavy atom. The highest BCUT2D eigenvalue weighted by atomic mass is 15.3. The Bertz CT molecular complexity index is 808. The third-order valence-electron chi connectivity index (χ3n) is 4.45. The number of benzene rings is 2. The van der Waals surface area contributed by atoms with E-state index in [0.29, 0.717) is 6.54 Å². The molecule has 0 fully saturated rings. The lowest BCUT2D eigenvalue weighted by molar-refractivity contribution is 0.264. The standard InChI is InChI=1S/C21H26N4/c1-17-8-9-19(20(14-17)21-10-12-23-24(21)2)16-25(13-11-22)15-18-6-4-3-5-7-18/h3-10,12,14H,11,13,15-16,22H2,1-2H3. The minimum atomic E-state index is 0.653. The number of hydrogen-bond donors (Lipinski definition) is 1. The van der Waals surface area contributed by atoms with Crippen LogP contribution in [0.4, 0.5) is 0 Å². The maximum Gasteiger partial charge on any atom is 0.0682 e. The van der Waals surface area contributed by atoms with Crippen LogP contribution in [0, 0.1) is 6.92 Å². The maximum atomic E-state index is 5.86. The van der Waals surface area contributed by atoms with E-state index in [1.54, 1.807) is 0 Å². The average molecular weight is 334 g/mol. The Morgan fingerprint density at radius 2 is 1.84 bits per heavy atom. The molecule has 0 saturated heterocycles. The Labute approximate surface area is 149 Å². The van der Waals surface area contributed by atoms with Crippen molar-refractivity contribution < 1.29 is 0 Å². The summed E-state index contributed by atoms with van der Waals surface area (Å²) in [6.07, 6.45) is 1.85. The lowest BCUT2D eigenvalue weighted by Crippen LogP contribution is -2.29. The van der Waals surface area contributed by atoms with Gasteiger partial charge in [-0.25, -0.2) is 0 Å². The van der Waals surface area contributed by atoms with Crippen LogP contribution in [0.2, 0.25) is 0 Å². The van der Waals surface area contributed by atoms with Gasteiger partial charge in [0.1, 0.15) is 0 Å². The topological polar surface area (TPSA) is 47.1 Å². The normalized spacial score (nSPS) is 11.2. The van der Waals surface area contributed by atoms with E-state index in [0.717, 1.165) is 25.3 Å². The zero-order chi connectivity index (χ0) is 17.6. The predicted octanol–water partition coefficient (Wildman–Crippen LogP) is 3.36. The van der Waals surface area contributed by atoms with E-state index in [1.165, 1.54) is 22.3 Å². The van der Waals surface area contributed by atoms with E-state index >= 15 is 0 Å². The second-order valence-electron chi connectivity index (χ2n) is 6.49. The molecule has 4 heteroatoms. The summed E-state index contributed by atoms with van der Waals surface area (Å²) < 4.78 is 1.93. The molecule has 0 saturated carbocycles. The van der Waals surface area contributed by atoms with Crippen molar-refractivity contribution >= 4 is 0 Å². The van der Waals surface area contributed by atoms with Crippen molar-refractivity contribution in [3.05, 3.63) is 77.5 Å². The zero-order valence-corrected chi connectivity index (χ0v) is 15.0. The Hall–Kier alpha value is -2.43. The van der Waals surface area contributed by atoms with Crippen LogP contribution in [0.1, 0.15) is 16.7 Å². The number of rotatable bonds is 7. The molecule has 0 atom stereocenters. The lowest BCUT2D eigenvalue weighted by Gasteiger charge is -2.23. The van der Waals surface area contributed by atoms with Crippen molar-refractivity contribution in [3.8, 4) is 11.3 Å². The van der Waals surface area contributed by atoms with Gasteiger partial charge < -0.3 is 5.73 Å². The number of aromatic nitrogens is 2. The van der Waals surface area contributed by atoms with Gasteiger partial charge in [-0.1, -0.05) is 48.0 Å². The number of nitrogens with zero attached hydrogens (tertiary/aromatic N) is 3. The number of aryl methyl sites for hydroxylation is 2. The van der Waals surface area contributed by atoms with Crippen molar-refractivity contribution in [2.24, 2.45) is 12.8 Å². The number of hydrogen-bond acceptors (Lipinski definition) is 3. The molecule has 2 aromatic carbocycles. The summed E-state index contributed by atoms with van der Waals surface area (Å²) in [6.45, 7) is 5.42. The molecule has 25 heavy (non-hydrogen) atoms.